The minimum atomic E-state index is 0.342. The van der Waals surface area contributed by atoms with E-state index in [0.29, 0.717) is 23.6 Å². The maximum atomic E-state index is 10.1. The molecule has 3 rings (SSSR count). The summed E-state index contributed by atoms with van der Waals surface area (Å²) >= 11 is 0. The van der Waals surface area contributed by atoms with Crippen molar-refractivity contribution in [3.05, 3.63) is 23.8 Å². The summed E-state index contributed by atoms with van der Waals surface area (Å²) < 4.78 is 5.14. The Bertz CT molecular complexity index is 454. The summed E-state index contributed by atoms with van der Waals surface area (Å²) in [4.78, 5) is 2.52. The molecule has 1 saturated heterocycles. The summed E-state index contributed by atoms with van der Waals surface area (Å²) in [7, 11) is 1.62. The molecule has 2 N–H and O–H groups in total. The fourth-order valence-corrected chi connectivity index (χ4v) is 3.00. The topological polar surface area (TPSA) is 44.7 Å². The van der Waals surface area contributed by atoms with Crippen molar-refractivity contribution >= 4 is 0 Å². The zero-order valence-corrected chi connectivity index (χ0v) is 12.1. The first kappa shape index (κ1) is 13.7. The van der Waals surface area contributed by atoms with Crippen LogP contribution in [-0.2, 0) is 6.54 Å². The smallest absolute Gasteiger partial charge is 0.123 e. The molecular weight excluding hydrogens is 252 g/mol. The first-order valence-electron chi connectivity index (χ1n) is 7.59. The van der Waals surface area contributed by atoms with E-state index in [2.05, 4.69) is 10.2 Å². The van der Waals surface area contributed by atoms with E-state index in [-0.39, 0.29) is 0 Å². The van der Waals surface area contributed by atoms with Gasteiger partial charge in [0.15, 0.2) is 0 Å². The van der Waals surface area contributed by atoms with E-state index in [9.17, 15) is 5.11 Å². The number of rotatable bonds is 6. The van der Waals surface area contributed by atoms with Gasteiger partial charge in [-0.3, -0.25) is 4.90 Å². The van der Waals surface area contributed by atoms with E-state index in [1.165, 1.54) is 25.7 Å². The largest absolute Gasteiger partial charge is 0.507 e. The van der Waals surface area contributed by atoms with E-state index in [4.69, 9.17) is 4.74 Å². The molecule has 2 aliphatic rings. The van der Waals surface area contributed by atoms with E-state index < -0.39 is 0 Å². The van der Waals surface area contributed by atoms with Gasteiger partial charge in [-0.05, 0) is 38.3 Å². The molecule has 0 aromatic heterocycles. The highest BCUT2D eigenvalue weighted by Crippen LogP contribution is 2.32. The van der Waals surface area contributed by atoms with Crippen molar-refractivity contribution in [2.75, 3.05) is 20.2 Å². The number of nitrogens with zero attached hydrogens (tertiary/aromatic N) is 1. The molecule has 1 aromatic carbocycles. The number of hydrogen-bond acceptors (Lipinski definition) is 4. The van der Waals surface area contributed by atoms with E-state index in [1.807, 2.05) is 12.1 Å². The number of phenolic OH excluding ortho intramolecular Hbond substituents is 1. The standard InChI is InChI=1S/C16H24N2O2/c1-20-15-7-4-12(16(19)9-15)10-18(14-5-6-14)11-13-3-2-8-17-13/h4,7,9,13-14,17,19H,2-3,5-6,8,10-11H2,1H3. The minimum Gasteiger partial charge on any atom is -0.507 e. The summed E-state index contributed by atoms with van der Waals surface area (Å²) in [5, 5.41) is 13.7. The highest BCUT2D eigenvalue weighted by molar-refractivity contribution is 5.39. The van der Waals surface area contributed by atoms with Gasteiger partial charge in [0.2, 0.25) is 0 Å². The van der Waals surface area contributed by atoms with Crippen LogP contribution >= 0.6 is 0 Å². The molecule has 4 nitrogen and oxygen atoms in total. The third-order valence-corrected chi connectivity index (χ3v) is 4.35. The Morgan fingerprint density at radius 2 is 2.20 bits per heavy atom. The Balaban J connectivity index is 1.66. The molecule has 1 aromatic rings. The predicted octanol–water partition coefficient (Wildman–Crippen LogP) is 2.12. The highest BCUT2D eigenvalue weighted by Gasteiger charge is 2.31. The highest BCUT2D eigenvalue weighted by atomic mass is 16.5. The third kappa shape index (κ3) is 3.25. The van der Waals surface area contributed by atoms with E-state index in [0.717, 1.165) is 25.2 Å². The van der Waals surface area contributed by atoms with Crippen LogP contribution in [0.4, 0.5) is 0 Å². The van der Waals surface area contributed by atoms with Crippen LogP contribution in [0, 0.1) is 0 Å². The van der Waals surface area contributed by atoms with Gasteiger partial charge < -0.3 is 15.2 Å². The van der Waals surface area contributed by atoms with Crippen molar-refractivity contribution in [1.82, 2.24) is 10.2 Å². The fraction of sp³-hybridized carbons (Fsp3) is 0.625. The fourth-order valence-electron chi connectivity index (χ4n) is 3.00. The molecule has 0 spiro atoms. The SMILES string of the molecule is COc1ccc(CN(CC2CCCN2)C2CC2)c(O)c1. The Kier molecular flexibility index (Phi) is 4.13. The van der Waals surface area contributed by atoms with Gasteiger partial charge in [-0.2, -0.15) is 0 Å². The number of ether oxygens (including phenoxy) is 1. The van der Waals surface area contributed by atoms with Gasteiger partial charge in [0.1, 0.15) is 11.5 Å². The van der Waals surface area contributed by atoms with Crippen LogP contribution in [0.3, 0.4) is 0 Å². The second-order valence-corrected chi connectivity index (χ2v) is 5.95. The third-order valence-electron chi connectivity index (χ3n) is 4.35. The normalized spacial score (nSPS) is 22.4. The zero-order valence-electron chi connectivity index (χ0n) is 12.1. The van der Waals surface area contributed by atoms with Gasteiger partial charge in [-0.1, -0.05) is 6.07 Å². The Morgan fingerprint density at radius 3 is 2.80 bits per heavy atom. The second-order valence-electron chi connectivity index (χ2n) is 5.95. The molecule has 0 radical (unpaired) electrons. The number of methoxy groups -OCH3 is 1. The van der Waals surface area contributed by atoms with Crippen LogP contribution in [0.2, 0.25) is 0 Å². The van der Waals surface area contributed by atoms with Gasteiger partial charge in [0.05, 0.1) is 7.11 Å². The number of benzene rings is 1. The average Bonchev–Trinajstić information content (AvgIpc) is 3.18. The lowest BCUT2D eigenvalue weighted by atomic mass is 10.1. The lowest BCUT2D eigenvalue weighted by Crippen LogP contribution is -2.38. The molecule has 1 aliphatic heterocycles. The zero-order chi connectivity index (χ0) is 13.9. The van der Waals surface area contributed by atoms with Crippen molar-refractivity contribution in [2.24, 2.45) is 0 Å². The summed E-state index contributed by atoms with van der Waals surface area (Å²) in [5.41, 5.74) is 0.996. The second kappa shape index (κ2) is 6.02. The average molecular weight is 276 g/mol. The first-order chi connectivity index (χ1) is 9.76. The van der Waals surface area contributed by atoms with Gasteiger partial charge in [0, 0.05) is 36.8 Å². The van der Waals surface area contributed by atoms with Crippen LogP contribution in [-0.4, -0.2) is 42.3 Å². The minimum absolute atomic E-state index is 0.342. The van der Waals surface area contributed by atoms with Gasteiger partial charge in [-0.25, -0.2) is 0 Å². The van der Waals surface area contributed by atoms with E-state index >= 15 is 0 Å². The molecule has 1 heterocycles. The van der Waals surface area contributed by atoms with Crippen LogP contribution < -0.4 is 10.1 Å². The summed E-state index contributed by atoms with van der Waals surface area (Å²) in [6.07, 6.45) is 5.15. The quantitative estimate of drug-likeness (QED) is 0.835. The molecule has 1 unspecified atom stereocenters. The molecule has 1 atom stereocenters. The van der Waals surface area contributed by atoms with Crippen LogP contribution in [0.25, 0.3) is 0 Å². The van der Waals surface area contributed by atoms with Gasteiger partial charge in [0.25, 0.3) is 0 Å². The van der Waals surface area contributed by atoms with Gasteiger partial charge in [-0.15, -0.1) is 0 Å². The maximum Gasteiger partial charge on any atom is 0.123 e. The van der Waals surface area contributed by atoms with Crippen molar-refractivity contribution in [3.63, 3.8) is 0 Å². The molecule has 4 heteroatoms. The Morgan fingerprint density at radius 1 is 1.35 bits per heavy atom. The predicted molar refractivity (Wildman–Crippen MR) is 79.1 cm³/mol. The number of aromatic hydroxyl groups is 1. The van der Waals surface area contributed by atoms with Crippen molar-refractivity contribution < 1.29 is 9.84 Å². The molecule has 110 valence electrons. The molecule has 1 aliphatic carbocycles. The molecule has 2 fully saturated rings. The first-order valence-corrected chi connectivity index (χ1v) is 7.59. The van der Waals surface area contributed by atoms with Crippen LogP contribution in [0.1, 0.15) is 31.2 Å². The number of phenols is 1. The summed E-state index contributed by atoms with van der Waals surface area (Å²) in [6, 6.07) is 6.93. The van der Waals surface area contributed by atoms with Crippen LogP contribution in [0.15, 0.2) is 18.2 Å². The molecule has 0 amide bonds. The summed E-state index contributed by atoms with van der Waals surface area (Å²) in [6.45, 7) is 3.08. The lowest BCUT2D eigenvalue weighted by molar-refractivity contribution is 0.228. The molecule has 0 bridgehead atoms. The molecule has 1 saturated carbocycles. The monoisotopic (exact) mass is 276 g/mol. The maximum absolute atomic E-state index is 10.1. The van der Waals surface area contributed by atoms with Gasteiger partial charge >= 0.3 is 0 Å². The molecular formula is C16H24N2O2. The van der Waals surface area contributed by atoms with E-state index in [1.54, 1.807) is 13.2 Å². The Labute approximate surface area is 120 Å². The lowest BCUT2D eigenvalue weighted by Gasteiger charge is -2.26. The number of nitrogens with one attached hydrogen (secondary N) is 1. The van der Waals surface area contributed by atoms with Crippen molar-refractivity contribution in [1.29, 1.82) is 0 Å². The van der Waals surface area contributed by atoms with Crippen LogP contribution in [0.5, 0.6) is 11.5 Å². The van der Waals surface area contributed by atoms with Crippen molar-refractivity contribution in [3.8, 4) is 11.5 Å². The van der Waals surface area contributed by atoms with Crippen molar-refractivity contribution in [2.45, 2.75) is 44.3 Å². The Hall–Kier alpha value is -1.26. The number of hydrogen-bond donors (Lipinski definition) is 2. The summed E-state index contributed by atoms with van der Waals surface area (Å²) in [5.74, 6) is 1.05. The molecule has 20 heavy (non-hydrogen) atoms.